The molecule has 0 radical (unpaired) electrons. The average Bonchev–Trinajstić information content (AvgIpc) is 2.91. The van der Waals surface area contributed by atoms with E-state index in [2.05, 4.69) is 20.7 Å². The second kappa shape index (κ2) is 7.13. The molecule has 1 heterocycles. The van der Waals surface area contributed by atoms with Crippen LogP contribution in [0.3, 0.4) is 0 Å². The van der Waals surface area contributed by atoms with Crippen molar-refractivity contribution in [1.82, 2.24) is 20.1 Å². The maximum Gasteiger partial charge on any atom is 0.319 e. The molecule has 1 aromatic carbocycles. The van der Waals surface area contributed by atoms with Crippen LogP contribution < -0.4 is 15.4 Å². The Bertz CT molecular complexity index is 634. The lowest BCUT2D eigenvalue weighted by Crippen LogP contribution is -2.38. The SMILES string of the molecule is CC(Cn1cncn1)NC(=O)Nc1ccccc1OC(C)(C)C. The number of anilines is 1. The van der Waals surface area contributed by atoms with Crippen molar-refractivity contribution in [3.05, 3.63) is 36.9 Å². The Hall–Kier alpha value is -2.57. The van der Waals surface area contributed by atoms with Crippen LogP contribution in [-0.4, -0.2) is 32.4 Å². The highest BCUT2D eigenvalue weighted by molar-refractivity contribution is 5.91. The van der Waals surface area contributed by atoms with Crippen molar-refractivity contribution in [2.24, 2.45) is 0 Å². The van der Waals surface area contributed by atoms with Crippen LogP contribution in [0, 0.1) is 0 Å². The Kier molecular flexibility index (Phi) is 5.20. The Morgan fingerprint density at radius 3 is 2.74 bits per heavy atom. The number of para-hydroxylation sites is 2. The van der Waals surface area contributed by atoms with Gasteiger partial charge in [-0.2, -0.15) is 5.10 Å². The number of urea groups is 1. The summed E-state index contributed by atoms with van der Waals surface area (Å²) in [5.41, 5.74) is 0.294. The second-order valence-electron chi connectivity index (χ2n) is 6.33. The number of nitrogens with zero attached hydrogens (tertiary/aromatic N) is 3. The first-order chi connectivity index (χ1) is 10.8. The molecule has 1 aromatic heterocycles. The molecule has 23 heavy (non-hydrogen) atoms. The fraction of sp³-hybridized carbons (Fsp3) is 0.438. The summed E-state index contributed by atoms with van der Waals surface area (Å²) < 4.78 is 7.53. The van der Waals surface area contributed by atoms with Crippen LogP contribution in [-0.2, 0) is 6.54 Å². The van der Waals surface area contributed by atoms with Gasteiger partial charge in [-0.05, 0) is 39.8 Å². The van der Waals surface area contributed by atoms with Gasteiger partial charge in [0.15, 0.2) is 0 Å². The first-order valence-corrected chi connectivity index (χ1v) is 7.51. The Labute approximate surface area is 136 Å². The van der Waals surface area contributed by atoms with Crippen LogP contribution >= 0.6 is 0 Å². The summed E-state index contributed by atoms with van der Waals surface area (Å²) >= 11 is 0. The standard InChI is InChI=1S/C16H23N5O2/c1-12(9-21-11-17-10-18-21)19-15(22)20-13-7-5-6-8-14(13)23-16(2,3)4/h5-8,10-12H,9H2,1-4H3,(H2,19,20,22). The fourth-order valence-electron chi connectivity index (χ4n) is 2.02. The van der Waals surface area contributed by atoms with E-state index in [-0.39, 0.29) is 17.7 Å². The van der Waals surface area contributed by atoms with Gasteiger partial charge in [0.25, 0.3) is 0 Å². The summed E-state index contributed by atoms with van der Waals surface area (Å²) in [6.45, 7) is 8.34. The van der Waals surface area contributed by atoms with E-state index in [4.69, 9.17) is 4.74 Å². The van der Waals surface area contributed by atoms with Crippen molar-refractivity contribution < 1.29 is 9.53 Å². The Balaban J connectivity index is 1.94. The smallest absolute Gasteiger partial charge is 0.319 e. The number of aromatic nitrogens is 3. The zero-order chi connectivity index (χ0) is 16.9. The summed E-state index contributed by atoms with van der Waals surface area (Å²) in [6, 6.07) is 6.99. The number of rotatable bonds is 5. The van der Waals surface area contributed by atoms with Gasteiger partial charge in [0, 0.05) is 6.04 Å². The summed E-state index contributed by atoms with van der Waals surface area (Å²) in [5, 5.41) is 9.70. The van der Waals surface area contributed by atoms with Crippen molar-refractivity contribution in [3.8, 4) is 5.75 Å². The van der Waals surface area contributed by atoms with E-state index < -0.39 is 0 Å². The van der Waals surface area contributed by atoms with Crippen molar-refractivity contribution in [1.29, 1.82) is 0 Å². The number of hydrogen-bond donors (Lipinski definition) is 2. The summed E-state index contributed by atoms with van der Waals surface area (Å²) in [4.78, 5) is 16.0. The average molecular weight is 317 g/mol. The van der Waals surface area contributed by atoms with Crippen LogP contribution in [0.25, 0.3) is 0 Å². The summed E-state index contributed by atoms with van der Waals surface area (Å²) in [7, 11) is 0. The quantitative estimate of drug-likeness (QED) is 0.888. The number of ether oxygens (including phenoxy) is 1. The molecule has 0 saturated carbocycles. The molecule has 0 aliphatic carbocycles. The molecule has 2 rings (SSSR count). The zero-order valence-corrected chi connectivity index (χ0v) is 13.9. The molecule has 124 valence electrons. The molecule has 0 fully saturated rings. The normalized spacial score (nSPS) is 12.5. The van der Waals surface area contributed by atoms with E-state index in [1.54, 1.807) is 11.0 Å². The maximum absolute atomic E-state index is 12.1. The van der Waals surface area contributed by atoms with Crippen LogP contribution in [0.4, 0.5) is 10.5 Å². The largest absolute Gasteiger partial charge is 0.486 e. The van der Waals surface area contributed by atoms with Gasteiger partial charge in [0.1, 0.15) is 24.0 Å². The molecule has 1 atom stereocenters. The highest BCUT2D eigenvalue weighted by atomic mass is 16.5. The van der Waals surface area contributed by atoms with Gasteiger partial charge >= 0.3 is 6.03 Å². The molecule has 0 aliphatic rings. The molecule has 7 nitrogen and oxygen atoms in total. The summed E-state index contributed by atoms with van der Waals surface area (Å²) in [5.74, 6) is 0.638. The lowest BCUT2D eigenvalue weighted by molar-refractivity contribution is 0.132. The van der Waals surface area contributed by atoms with Crippen molar-refractivity contribution in [2.45, 2.75) is 45.9 Å². The highest BCUT2D eigenvalue weighted by Crippen LogP contribution is 2.27. The minimum atomic E-state index is -0.339. The molecule has 2 amide bonds. The topological polar surface area (TPSA) is 81.1 Å². The Morgan fingerprint density at radius 2 is 2.09 bits per heavy atom. The van der Waals surface area contributed by atoms with Gasteiger partial charge in [-0.1, -0.05) is 12.1 Å². The van der Waals surface area contributed by atoms with Gasteiger partial charge in [-0.3, -0.25) is 4.68 Å². The third-order valence-corrected chi connectivity index (χ3v) is 2.86. The van der Waals surface area contributed by atoms with Crippen LogP contribution in [0.2, 0.25) is 0 Å². The molecule has 2 aromatic rings. The fourth-order valence-corrected chi connectivity index (χ4v) is 2.02. The van der Waals surface area contributed by atoms with Crippen LogP contribution in [0.15, 0.2) is 36.9 Å². The van der Waals surface area contributed by atoms with Crippen molar-refractivity contribution in [2.75, 3.05) is 5.32 Å². The minimum absolute atomic E-state index is 0.0904. The van der Waals surface area contributed by atoms with Crippen LogP contribution in [0.1, 0.15) is 27.7 Å². The van der Waals surface area contributed by atoms with Crippen molar-refractivity contribution in [3.63, 3.8) is 0 Å². The van der Waals surface area contributed by atoms with E-state index in [1.165, 1.54) is 6.33 Å². The van der Waals surface area contributed by atoms with E-state index in [0.717, 1.165) is 0 Å². The predicted octanol–water partition coefficient (Wildman–Crippen LogP) is 2.67. The minimum Gasteiger partial charge on any atom is -0.486 e. The van der Waals surface area contributed by atoms with E-state index in [1.807, 2.05) is 52.0 Å². The molecular weight excluding hydrogens is 294 g/mol. The van der Waals surface area contributed by atoms with Gasteiger partial charge in [-0.15, -0.1) is 0 Å². The number of nitrogens with one attached hydrogen (secondary N) is 2. The van der Waals surface area contributed by atoms with E-state index in [0.29, 0.717) is 18.0 Å². The molecule has 7 heteroatoms. The number of amides is 2. The monoisotopic (exact) mass is 317 g/mol. The number of carbonyl (C=O) groups excluding carboxylic acids is 1. The third-order valence-electron chi connectivity index (χ3n) is 2.86. The molecule has 0 spiro atoms. The highest BCUT2D eigenvalue weighted by Gasteiger charge is 2.16. The predicted molar refractivity (Wildman–Crippen MR) is 88.5 cm³/mol. The number of hydrogen-bond acceptors (Lipinski definition) is 4. The van der Waals surface area contributed by atoms with Crippen molar-refractivity contribution >= 4 is 11.7 Å². The summed E-state index contributed by atoms with van der Waals surface area (Å²) in [6.07, 6.45) is 3.08. The van der Waals surface area contributed by atoms with Gasteiger partial charge < -0.3 is 15.4 Å². The van der Waals surface area contributed by atoms with Gasteiger partial charge in [0.2, 0.25) is 0 Å². The lowest BCUT2D eigenvalue weighted by Gasteiger charge is -2.23. The molecular formula is C16H23N5O2. The molecule has 0 bridgehead atoms. The van der Waals surface area contributed by atoms with Gasteiger partial charge in [-0.25, -0.2) is 9.78 Å². The maximum atomic E-state index is 12.1. The molecule has 1 unspecified atom stereocenters. The van der Waals surface area contributed by atoms with E-state index >= 15 is 0 Å². The first kappa shape index (κ1) is 16.8. The van der Waals surface area contributed by atoms with Crippen LogP contribution in [0.5, 0.6) is 5.75 Å². The first-order valence-electron chi connectivity index (χ1n) is 7.51. The lowest BCUT2D eigenvalue weighted by atomic mass is 10.2. The Morgan fingerprint density at radius 1 is 1.35 bits per heavy atom. The second-order valence-corrected chi connectivity index (χ2v) is 6.33. The van der Waals surface area contributed by atoms with Gasteiger partial charge in [0.05, 0.1) is 12.2 Å². The zero-order valence-electron chi connectivity index (χ0n) is 13.9. The molecule has 2 N–H and O–H groups in total. The number of carbonyl (C=O) groups is 1. The molecule has 0 saturated heterocycles. The third kappa shape index (κ3) is 5.61. The number of benzene rings is 1. The molecule has 0 aliphatic heterocycles. The van der Waals surface area contributed by atoms with E-state index in [9.17, 15) is 4.79 Å².